The number of ether oxygens (including phenoxy) is 6. The van der Waals surface area contributed by atoms with Crippen molar-refractivity contribution in [2.45, 2.75) is 235 Å². The lowest BCUT2D eigenvalue weighted by Gasteiger charge is -2.12. The van der Waals surface area contributed by atoms with Gasteiger partial charge in [0.25, 0.3) is 0 Å². The molecule has 0 radical (unpaired) electrons. The van der Waals surface area contributed by atoms with Crippen molar-refractivity contribution in [3.05, 3.63) is 0 Å². The molecule has 6 fully saturated rings. The predicted octanol–water partition coefficient (Wildman–Crippen LogP) is 5.38. The van der Waals surface area contributed by atoms with E-state index in [1.807, 2.05) is 6.92 Å². The molecule has 0 bridgehead atoms. The molecule has 6 aliphatic rings. The van der Waals surface area contributed by atoms with Crippen LogP contribution in [0.3, 0.4) is 0 Å². The molecule has 0 aromatic rings. The third-order valence-electron chi connectivity index (χ3n) is 15.1. The van der Waals surface area contributed by atoms with E-state index in [0.717, 1.165) is 42.9 Å². The zero-order chi connectivity index (χ0) is 46.3. The normalized spacial score (nSPS) is 48.0. The molecule has 6 heterocycles. The fourth-order valence-corrected chi connectivity index (χ4v) is 8.87. The Labute approximate surface area is 365 Å². The minimum Gasteiger partial charge on any atom is -0.394 e. The number of aliphatic hydroxyl groups excluding tert-OH is 7. The van der Waals surface area contributed by atoms with Crippen LogP contribution >= 0.6 is 0 Å². The van der Waals surface area contributed by atoms with Crippen molar-refractivity contribution in [2.24, 2.45) is 47.3 Å². The average molecular weight is 867 g/mol. The largest absolute Gasteiger partial charge is 0.394 e. The summed E-state index contributed by atoms with van der Waals surface area (Å²) in [5.74, 6) is 5.14. The van der Waals surface area contributed by atoms with E-state index in [-0.39, 0.29) is 50.3 Å². The van der Waals surface area contributed by atoms with E-state index < -0.39 is 30.5 Å². The van der Waals surface area contributed by atoms with Crippen molar-refractivity contribution < 1.29 is 64.2 Å². The first-order valence-electron chi connectivity index (χ1n) is 23.5. The summed E-state index contributed by atoms with van der Waals surface area (Å²) < 4.78 is 32.7. The Morgan fingerprint density at radius 3 is 0.583 bits per heavy atom. The average Bonchev–Trinajstić information content (AvgIpc) is 3.98. The molecule has 0 amide bonds. The van der Waals surface area contributed by atoms with Crippen molar-refractivity contribution in [1.82, 2.24) is 0 Å². The molecule has 0 spiro atoms. The van der Waals surface area contributed by atoms with E-state index in [2.05, 4.69) is 96.9 Å². The summed E-state index contributed by atoms with van der Waals surface area (Å²) in [6, 6.07) is 0. The molecule has 13 heteroatoms. The highest BCUT2D eigenvalue weighted by Crippen LogP contribution is 2.35. The quantitative estimate of drug-likeness (QED) is 0.180. The Hall–Kier alpha value is -0.520. The van der Waals surface area contributed by atoms with Gasteiger partial charge in [0.05, 0.1) is 87.0 Å². The number of hydrogen-bond donors (Lipinski definition) is 7. The van der Waals surface area contributed by atoms with E-state index in [1.165, 1.54) is 0 Å². The van der Waals surface area contributed by atoms with Gasteiger partial charge in [-0.15, -0.1) is 0 Å². The van der Waals surface area contributed by atoms with E-state index in [1.54, 1.807) is 13.8 Å². The first-order valence-corrected chi connectivity index (χ1v) is 23.5. The van der Waals surface area contributed by atoms with Gasteiger partial charge in [-0.1, -0.05) is 76.2 Å². The van der Waals surface area contributed by atoms with Gasteiger partial charge in [-0.05, 0) is 108 Å². The van der Waals surface area contributed by atoms with Crippen LogP contribution in [0.4, 0.5) is 0 Å². The topological polar surface area (TPSA) is 197 Å². The molecule has 0 aliphatic carbocycles. The van der Waals surface area contributed by atoms with Crippen molar-refractivity contribution in [3.8, 4) is 0 Å². The zero-order valence-electron chi connectivity index (χ0n) is 40.7. The SMILES string of the molecule is CC1C(C)[C@@H](CO)O[C@H]1C.CC1C(C)[C@@H](CO)O[C@H]1C.CC[C@H]1O[C@@H](C)C(C)C1C.CC[C@H]1O[C@@H](C)C(C)C1C.CC[C@H]1O[C@@H](C)C(O)C1O.C[C@@H]1O[C@H](CO)C(O)C1O. The van der Waals surface area contributed by atoms with Gasteiger partial charge >= 0.3 is 0 Å². The van der Waals surface area contributed by atoms with Crippen LogP contribution in [0.1, 0.15) is 137 Å². The Balaban J connectivity index is 0.000000360. The van der Waals surface area contributed by atoms with Crippen molar-refractivity contribution in [3.63, 3.8) is 0 Å². The summed E-state index contributed by atoms with van der Waals surface area (Å²) in [5.41, 5.74) is 0. The maximum Gasteiger partial charge on any atom is 0.111 e. The summed E-state index contributed by atoms with van der Waals surface area (Å²) >= 11 is 0. The van der Waals surface area contributed by atoms with E-state index in [9.17, 15) is 10.2 Å². The maximum atomic E-state index is 9.25. The standard InChI is InChI=1S/2C9H18O.2C8H16O2.C7H14O3.C6H12O4/c2*1-5-9-7(3)6(2)8(4)10-9;2*1-5-6(2)8(4-9)10-7(5)3;1-3-5-7(9)6(8)4(2)10-5;1-3-5(8)6(9)4(2-7)10-3/h2*6-9H,5H2,1-4H3;2*5-9H,4H2,1-3H3;4-9H,3H2,1-2H3;3-9H,2H2,1H3/t2*6?,7?,8-,9+;2*5?,6?,7-,8+;4-,5+,6?,7?;3-,4+,5?,6?/m000000/s1. The monoisotopic (exact) mass is 867 g/mol. The van der Waals surface area contributed by atoms with Gasteiger partial charge in [-0.2, -0.15) is 0 Å². The third kappa shape index (κ3) is 15.9. The van der Waals surface area contributed by atoms with E-state index in [4.69, 9.17) is 54.0 Å². The lowest BCUT2D eigenvalue weighted by Crippen LogP contribution is -2.33. The van der Waals surface area contributed by atoms with Crippen LogP contribution in [0.5, 0.6) is 0 Å². The first kappa shape index (κ1) is 57.5. The highest BCUT2D eigenvalue weighted by Gasteiger charge is 2.41. The van der Waals surface area contributed by atoms with Crippen LogP contribution in [-0.4, -0.2) is 153 Å². The Kier molecular flexibility index (Phi) is 26.6. The number of aliphatic hydroxyl groups is 7. The summed E-state index contributed by atoms with van der Waals surface area (Å²) in [4.78, 5) is 0. The van der Waals surface area contributed by atoms with Crippen molar-refractivity contribution in [2.75, 3.05) is 19.8 Å². The van der Waals surface area contributed by atoms with Gasteiger partial charge in [0, 0.05) is 0 Å². The van der Waals surface area contributed by atoms with Gasteiger partial charge in [0.1, 0.15) is 30.5 Å². The Bertz CT molecular complexity index is 902. The van der Waals surface area contributed by atoms with Gasteiger partial charge in [0.2, 0.25) is 0 Å². The Morgan fingerprint density at radius 2 is 0.483 bits per heavy atom. The lowest BCUT2D eigenvalue weighted by molar-refractivity contribution is -0.0171. The molecule has 6 aliphatic heterocycles. The number of rotatable bonds is 6. The minimum atomic E-state index is -0.944. The van der Waals surface area contributed by atoms with Crippen LogP contribution in [0, 0.1) is 47.3 Å². The zero-order valence-corrected chi connectivity index (χ0v) is 40.7. The van der Waals surface area contributed by atoms with Crippen LogP contribution in [0.25, 0.3) is 0 Å². The second-order valence-electron chi connectivity index (χ2n) is 18.9. The molecular formula is C47H94O13. The fourth-order valence-electron chi connectivity index (χ4n) is 8.87. The van der Waals surface area contributed by atoms with Crippen LogP contribution in [-0.2, 0) is 28.4 Å². The van der Waals surface area contributed by atoms with Gasteiger partial charge in [-0.25, -0.2) is 0 Å². The van der Waals surface area contributed by atoms with Crippen molar-refractivity contribution in [1.29, 1.82) is 0 Å². The Morgan fingerprint density at radius 1 is 0.267 bits per heavy atom. The molecule has 13 nitrogen and oxygen atoms in total. The van der Waals surface area contributed by atoms with Gasteiger partial charge in [0.15, 0.2) is 0 Å². The van der Waals surface area contributed by atoms with E-state index in [0.29, 0.717) is 60.3 Å². The third-order valence-corrected chi connectivity index (χ3v) is 15.1. The molecular weight excluding hydrogens is 773 g/mol. The molecule has 6 saturated heterocycles. The van der Waals surface area contributed by atoms with Crippen LogP contribution in [0.2, 0.25) is 0 Å². The number of hydrogen-bond acceptors (Lipinski definition) is 13. The molecule has 360 valence electrons. The van der Waals surface area contributed by atoms with Gasteiger partial charge < -0.3 is 64.2 Å². The summed E-state index contributed by atoms with van der Waals surface area (Å²) in [6.07, 6.45) is 1.22. The first-order chi connectivity index (χ1) is 28.0. The smallest absolute Gasteiger partial charge is 0.111 e. The van der Waals surface area contributed by atoms with Crippen molar-refractivity contribution >= 4 is 0 Å². The highest BCUT2D eigenvalue weighted by molar-refractivity contribution is 4.89. The summed E-state index contributed by atoms with van der Waals surface area (Å²) in [6.45, 7) is 36.1. The molecule has 24 atom stereocenters. The summed E-state index contributed by atoms with van der Waals surface area (Å²) in [5, 5.41) is 62.9. The second-order valence-corrected chi connectivity index (χ2v) is 18.9. The second kappa shape index (κ2) is 27.7. The molecule has 6 rings (SSSR count). The lowest BCUT2D eigenvalue weighted by atomic mass is 9.90. The molecule has 60 heavy (non-hydrogen) atoms. The maximum absolute atomic E-state index is 9.25. The van der Waals surface area contributed by atoms with E-state index >= 15 is 0 Å². The van der Waals surface area contributed by atoms with Crippen LogP contribution < -0.4 is 0 Å². The molecule has 0 saturated carbocycles. The summed E-state index contributed by atoms with van der Waals surface area (Å²) in [7, 11) is 0. The molecule has 12 unspecified atom stereocenters. The fraction of sp³-hybridized carbons (Fsp3) is 1.00. The molecule has 7 N–H and O–H groups in total. The molecule has 0 aromatic heterocycles. The predicted molar refractivity (Wildman–Crippen MR) is 235 cm³/mol. The van der Waals surface area contributed by atoms with Crippen LogP contribution in [0.15, 0.2) is 0 Å². The van der Waals surface area contributed by atoms with Gasteiger partial charge in [-0.3, -0.25) is 0 Å². The highest BCUT2D eigenvalue weighted by atomic mass is 16.6. The molecule has 0 aromatic carbocycles. The minimum absolute atomic E-state index is 0.0741.